The minimum atomic E-state index is -0.323. The molecule has 0 fully saturated rings. The molecular formula is C26H24N4O2. The number of rotatable bonds is 6. The molecule has 0 unspecified atom stereocenters. The lowest BCUT2D eigenvalue weighted by molar-refractivity contribution is -0.122. The van der Waals surface area contributed by atoms with E-state index in [2.05, 4.69) is 22.8 Å². The summed E-state index contributed by atoms with van der Waals surface area (Å²) in [6, 6.07) is 24.8. The molecule has 0 bridgehead atoms. The van der Waals surface area contributed by atoms with Gasteiger partial charge in [0, 0.05) is 12.6 Å². The maximum Gasteiger partial charge on any atom is 0.252 e. The first-order valence-corrected chi connectivity index (χ1v) is 10.7. The minimum absolute atomic E-state index is 0.125. The molecule has 0 radical (unpaired) electrons. The zero-order valence-corrected chi connectivity index (χ0v) is 17.8. The number of fused-ring (bicyclic) bond motifs is 2. The van der Waals surface area contributed by atoms with Crippen LogP contribution in [-0.2, 0) is 18.3 Å². The van der Waals surface area contributed by atoms with Crippen molar-refractivity contribution in [2.75, 3.05) is 0 Å². The Hall–Kier alpha value is -3.93. The van der Waals surface area contributed by atoms with Crippen LogP contribution in [0.2, 0.25) is 0 Å². The fourth-order valence-electron chi connectivity index (χ4n) is 4.45. The normalized spacial score (nSPS) is 15.9. The second kappa shape index (κ2) is 8.30. The molecule has 1 aliphatic rings. The monoisotopic (exact) mass is 424 g/mol. The van der Waals surface area contributed by atoms with Gasteiger partial charge in [-0.2, -0.15) is 0 Å². The maximum absolute atomic E-state index is 13.1. The summed E-state index contributed by atoms with van der Waals surface area (Å²) in [6.07, 6.45) is 0.801. The summed E-state index contributed by atoms with van der Waals surface area (Å²) < 4.78 is 2.04. The second-order valence-corrected chi connectivity index (χ2v) is 8.14. The van der Waals surface area contributed by atoms with Crippen molar-refractivity contribution < 1.29 is 9.59 Å². The molecule has 2 atom stereocenters. The maximum atomic E-state index is 13.1. The highest BCUT2D eigenvalue weighted by Gasteiger charge is 2.30. The van der Waals surface area contributed by atoms with E-state index in [0.29, 0.717) is 12.0 Å². The molecule has 0 saturated heterocycles. The first kappa shape index (κ1) is 20.0. The van der Waals surface area contributed by atoms with Gasteiger partial charge in [0.25, 0.3) is 5.91 Å². The van der Waals surface area contributed by atoms with Crippen molar-refractivity contribution in [3.8, 4) is 0 Å². The number of aromatic nitrogens is 2. The smallest absolute Gasteiger partial charge is 0.252 e. The molecule has 4 aromatic rings. The Morgan fingerprint density at radius 2 is 1.75 bits per heavy atom. The third kappa shape index (κ3) is 3.75. The average Bonchev–Trinajstić information content (AvgIpc) is 3.31. The van der Waals surface area contributed by atoms with Crippen molar-refractivity contribution >= 4 is 22.8 Å². The van der Waals surface area contributed by atoms with Gasteiger partial charge in [-0.3, -0.25) is 9.59 Å². The Bertz CT molecular complexity index is 1300. The van der Waals surface area contributed by atoms with Gasteiger partial charge in [0.15, 0.2) is 0 Å². The summed E-state index contributed by atoms with van der Waals surface area (Å²) in [5.74, 6) is 0.550. The number of imidazole rings is 1. The topological polar surface area (TPSA) is 76.0 Å². The fourth-order valence-corrected chi connectivity index (χ4v) is 4.45. The lowest BCUT2D eigenvalue weighted by Gasteiger charge is -2.20. The van der Waals surface area contributed by atoms with E-state index in [0.717, 1.165) is 28.0 Å². The van der Waals surface area contributed by atoms with E-state index in [9.17, 15) is 9.59 Å². The molecule has 0 aliphatic carbocycles. The van der Waals surface area contributed by atoms with Gasteiger partial charge in [0.05, 0.1) is 29.5 Å². The van der Waals surface area contributed by atoms with E-state index in [1.54, 1.807) is 6.07 Å². The van der Waals surface area contributed by atoms with Crippen LogP contribution in [0.25, 0.3) is 11.0 Å². The van der Waals surface area contributed by atoms with Crippen LogP contribution >= 0.6 is 0 Å². The van der Waals surface area contributed by atoms with Crippen molar-refractivity contribution in [1.82, 2.24) is 20.2 Å². The van der Waals surface area contributed by atoms with Crippen molar-refractivity contribution in [2.45, 2.75) is 24.9 Å². The summed E-state index contributed by atoms with van der Waals surface area (Å²) in [4.78, 5) is 30.2. The Morgan fingerprint density at radius 3 is 2.56 bits per heavy atom. The van der Waals surface area contributed by atoms with Gasteiger partial charge in [0.2, 0.25) is 5.91 Å². The number of hydrogen-bond acceptors (Lipinski definition) is 3. The standard InChI is InChI=1S/C26H24N4O2/c1-30-23-14-8-7-13-20(23)28-25(30)22(15-17-9-3-2-4-10-17)27-24(31)16-21-18-11-5-6-12-19(18)26(32)29-21/h2-14,21-22H,15-16H2,1H3,(H,27,31)(H,29,32)/t21-,22+/m1/s1. The molecular weight excluding hydrogens is 400 g/mol. The highest BCUT2D eigenvalue weighted by atomic mass is 16.2. The molecule has 6 heteroatoms. The molecule has 160 valence electrons. The summed E-state index contributed by atoms with van der Waals surface area (Å²) in [6.45, 7) is 0. The van der Waals surface area contributed by atoms with Crippen LogP contribution in [0, 0.1) is 0 Å². The van der Waals surface area contributed by atoms with E-state index >= 15 is 0 Å². The van der Waals surface area contributed by atoms with Crippen molar-refractivity contribution in [3.63, 3.8) is 0 Å². The number of carbonyl (C=O) groups excluding carboxylic acids is 2. The lowest BCUT2D eigenvalue weighted by atomic mass is 10.0. The van der Waals surface area contributed by atoms with Crippen molar-refractivity contribution in [1.29, 1.82) is 0 Å². The number of nitrogens with one attached hydrogen (secondary N) is 2. The van der Waals surface area contributed by atoms with Crippen LogP contribution in [0.3, 0.4) is 0 Å². The largest absolute Gasteiger partial charge is 0.346 e. The van der Waals surface area contributed by atoms with Crippen molar-refractivity contribution in [3.05, 3.63) is 101 Å². The Balaban J connectivity index is 1.41. The van der Waals surface area contributed by atoms with Gasteiger partial charge in [-0.1, -0.05) is 60.7 Å². The molecule has 0 saturated carbocycles. The quantitative estimate of drug-likeness (QED) is 0.494. The van der Waals surface area contributed by atoms with Gasteiger partial charge in [-0.25, -0.2) is 4.98 Å². The number of aryl methyl sites for hydroxylation is 1. The van der Waals surface area contributed by atoms with Gasteiger partial charge in [-0.15, -0.1) is 0 Å². The molecule has 32 heavy (non-hydrogen) atoms. The number of amides is 2. The first-order valence-electron chi connectivity index (χ1n) is 10.7. The Morgan fingerprint density at radius 1 is 1.03 bits per heavy atom. The van der Waals surface area contributed by atoms with Gasteiger partial charge in [0.1, 0.15) is 5.82 Å². The molecule has 1 aliphatic heterocycles. The Kier molecular flexibility index (Phi) is 5.19. The molecule has 2 N–H and O–H groups in total. The minimum Gasteiger partial charge on any atom is -0.346 e. The van der Waals surface area contributed by atoms with Crippen LogP contribution in [0.5, 0.6) is 0 Å². The molecule has 3 aromatic carbocycles. The zero-order chi connectivity index (χ0) is 22.1. The first-order chi connectivity index (χ1) is 15.6. The number of hydrogen-bond donors (Lipinski definition) is 2. The second-order valence-electron chi connectivity index (χ2n) is 8.14. The Labute approximate surface area is 186 Å². The summed E-state index contributed by atoms with van der Waals surface area (Å²) in [7, 11) is 1.97. The number of carbonyl (C=O) groups is 2. The molecule has 6 nitrogen and oxygen atoms in total. The van der Waals surface area contributed by atoms with Crippen LogP contribution in [0.1, 0.15) is 45.8 Å². The molecule has 2 heterocycles. The van der Waals surface area contributed by atoms with Crippen LogP contribution < -0.4 is 10.6 Å². The molecule has 2 amide bonds. The molecule has 5 rings (SSSR count). The van der Waals surface area contributed by atoms with E-state index in [1.165, 1.54) is 0 Å². The van der Waals surface area contributed by atoms with Crippen molar-refractivity contribution in [2.24, 2.45) is 7.05 Å². The highest BCUT2D eigenvalue weighted by Crippen LogP contribution is 2.28. The average molecular weight is 425 g/mol. The summed E-state index contributed by atoms with van der Waals surface area (Å²) in [5, 5.41) is 6.11. The van der Waals surface area contributed by atoms with Gasteiger partial charge < -0.3 is 15.2 Å². The van der Waals surface area contributed by atoms with E-state index in [-0.39, 0.29) is 30.3 Å². The SMILES string of the molecule is Cn1c([C@H](Cc2ccccc2)NC(=O)C[C@H]2NC(=O)c3ccccc32)nc2ccccc21. The number of benzene rings is 3. The zero-order valence-electron chi connectivity index (χ0n) is 17.8. The third-order valence-electron chi connectivity index (χ3n) is 6.03. The number of nitrogens with zero attached hydrogens (tertiary/aromatic N) is 2. The van der Waals surface area contributed by atoms with Crippen LogP contribution in [0.15, 0.2) is 78.9 Å². The number of para-hydroxylation sites is 2. The summed E-state index contributed by atoms with van der Waals surface area (Å²) in [5.41, 5.74) is 4.54. The lowest BCUT2D eigenvalue weighted by Crippen LogP contribution is -2.34. The predicted molar refractivity (Wildman–Crippen MR) is 123 cm³/mol. The molecule has 1 aromatic heterocycles. The van der Waals surface area contributed by atoms with Gasteiger partial charge in [-0.05, 0) is 35.7 Å². The van der Waals surface area contributed by atoms with E-state index < -0.39 is 0 Å². The van der Waals surface area contributed by atoms with Gasteiger partial charge >= 0.3 is 0 Å². The molecule has 0 spiro atoms. The fraction of sp³-hybridized carbons (Fsp3) is 0.192. The highest BCUT2D eigenvalue weighted by molar-refractivity contribution is 5.99. The van der Waals surface area contributed by atoms with E-state index in [1.807, 2.05) is 72.3 Å². The van der Waals surface area contributed by atoms with Crippen LogP contribution in [0.4, 0.5) is 0 Å². The third-order valence-corrected chi connectivity index (χ3v) is 6.03. The van der Waals surface area contributed by atoms with E-state index in [4.69, 9.17) is 4.98 Å². The summed E-state index contributed by atoms with van der Waals surface area (Å²) >= 11 is 0. The predicted octanol–water partition coefficient (Wildman–Crippen LogP) is 3.85. The van der Waals surface area contributed by atoms with Crippen LogP contribution in [-0.4, -0.2) is 21.4 Å².